The first-order valence-electron chi connectivity index (χ1n) is 7.18. The van der Waals surface area contributed by atoms with E-state index in [2.05, 4.69) is 18.3 Å². The van der Waals surface area contributed by atoms with Crippen molar-refractivity contribution in [2.24, 2.45) is 5.73 Å². The maximum atomic E-state index is 5.88. The van der Waals surface area contributed by atoms with Gasteiger partial charge in [-0.2, -0.15) is 0 Å². The van der Waals surface area contributed by atoms with Crippen LogP contribution in [0.5, 0.6) is 0 Å². The van der Waals surface area contributed by atoms with Crippen molar-refractivity contribution in [2.75, 3.05) is 5.32 Å². The Hall–Kier alpha value is -1.16. The van der Waals surface area contributed by atoms with Crippen LogP contribution in [0, 0.1) is 0 Å². The molecule has 1 fully saturated rings. The third-order valence-electron chi connectivity index (χ3n) is 4.44. The van der Waals surface area contributed by atoms with Crippen molar-refractivity contribution in [1.82, 2.24) is 4.98 Å². The Morgan fingerprint density at radius 1 is 1.32 bits per heavy atom. The van der Waals surface area contributed by atoms with Gasteiger partial charge >= 0.3 is 0 Å². The molecule has 0 amide bonds. The molecule has 3 nitrogen and oxygen atoms in total. The molecule has 1 aromatic rings. The van der Waals surface area contributed by atoms with Crippen molar-refractivity contribution >= 4 is 23.0 Å². The lowest BCUT2D eigenvalue weighted by atomic mass is 10.00. The van der Waals surface area contributed by atoms with Gasteiger partial charge in [0.2, 0.25) is 0 Å². The van der Waals surface area contributed by atoms with Gasteiger partial charge < -0.3 is 11.1 Å². The first kappa shape index (κ1) is 12.9. The average molecular weight is 275 g/mol. The Kier molecular flexibility index (Phi) is 3.21. The molecule has 0 aliphatic heterocycles. The number of nitrogens with one attached hydrogen (secondary N) is 1. The number of anilines is 1. The molecule has 0 spiro atoms. The summed E-state index contributed by atoms with van der Waals surface area (Å²) in [5, 5.41) is 3.62. The summed E-state index contributed by atoms with van der Waals surface area (Å²) >= 11 is 5.20. The molecule has 19 heavy (non-hydrogen) atoms. The van der Waals surface area contributed by atoms with E-state index >= 15 is 0 Å². The number of rotatable bonds is 3. The van der Waals surface area contributed by atoms with Crippen LogP contribution in [0.1, 0.15) is 55.8 Å². The van der Waals surface area contributed by atoms with Crippen molar-refractivity contribution in [3.05, 3.63) is 22.9 Å². The summed E-state index contributed by atoms with van der Waals surface area (Å²) in [6.45, 7) is 2.28. The molecule has 2 aliphatic rings. The number of hydrogen-bond donors (Lipinski definition) is 2. The highest BCUT2D eigenvalue weighted by molar-refractivity contribution is 7.80. The zero-order valence-corrected chi connectivity index (χ0v) is 12.3. The number of fused-ring (bicyclic) bond motifs is 1. The number of aromatic nitrogens is 1. The SMILES string of the molecule is CC1(Nc2nc3c(cc2C(N)=S)CCC3)CCCC1. The molecule has 0 saturated heterocycles. The molecule has 0 bridgehead atoms. The maximum absolute atomic E-state index is 5.88. The van der Waals surface area contributed by atoms with E-state index in [-0.39, 0.29) is 5.54 Å². The highest BCUT2D eigenvalue weighted by Crippen LogP contribution is 2.34. The Morgan fingerprint density at radius 2 is 2.05 bits per heavy atom. The Labute approximate surface area is 120 Å². The quantitative estimate of drug-likeness (QED) is 0.833. The molecular weight excluding hydrogens is 254 g/mol. The summed E-state index contributed by atoms with van der Waals surface area (Å²) in [5.41, 5.74) is 9.50. The third-order valence-corrected chi connectivity index (χ3v) is 4.66. The van der Waals surface area contributed by atoms with E-state index in [0.717, 1.165) is 24.2 Å². The smallest absolute Gasteiger partial charge is 0.136 e. The zero-order valence-electron chi connectivity index (χ0n) is 11.5. The molecule has 0 unspecified atom stereocenters. The molecule has 4 heteroatoms. The number of hydrogen-bond acceptors (Lipinski definition) is 3. The van der Waals surface area contributed by atoms with Gasteiger partial charge in [0.1, 0.15) is 10.8 Å². The second-order valence-electron chi connectivity index (χ2n) is 6.10. The summed E-state index contributed by atoms with van der Waals surface area (Å²) in [5.74, 6) is 0.901. The van der Waals surface area contributed by atoms with E-state index in [0.29, 0.717) is 4.99 Å². The van der Waals surface area contributed by atoms with Crippen LogP contribution < -0.4 is 11.1 Å². The second kappa shape index (κ2) is 4.75. The van der Waals surface area contributed by atoms with Crippen LogP contribution in [0.4, 0.5) is 5.82 Å². The van der Waals surface area contributed by atoms with Crippen molar-refractivity contribution < 1.29 is 0 Å². The van der Waals surface area contributed by atoms with E-state index in [9.17, 15) is 0 Å². The third kappa shape index (κ3) is 2.46. The molecule has 1 saturated carbocycles. The average Bonchev–Trinajstić information content (AvgIpc) is 2.96. The molecule has 2 aliphatic carbocycles. The van der Waals surface area contributed by atoms with Crippen molar-refractivity contribution in [1.29, 1.82) is 0 Å². The molecule has 3 N–H and O–H groups in total. The molecule has 0 radical (unpaired) electrons. The van der Waals surface area contributed by atoms with Gasteiger partial charge in [0.05, 0.1) is 5.56 Å². The monoisotopic (exact) mass is 275 g/mol. The summed E-state index contributed by atoms with van der Waals surface area (Å²) in [7, 11) is 0. The molecule has 0 aromatic carbocycles. The van der Waals surface area contributed by atoms with Crippen LogP contribution in [0.25, 0.3) is 0 Å². The normalized spacial score (nSPS) is 20.3. The van der Waals surface area contributed by atoms with E-state index in [1.165, 1.54) is 43.4 Å². The Bertz CT molecular complexity index is 518. The van der Waals surface area contributed by atoms with Crippen molar-refractivity contribution in [3.63, 3.8) is 0 Å². The standard InChI is InChI=1S/C15H21N3S/c1-15(7-2-3-8-15)18-14-11(13(16)19)9-10-5-4-6-12(10)17-14/h9H,2-8H2,1H3,(H2,16,19)(H,17,18). The number of pyridine rings is 1. The van der Waals surface area contributed by atoms with E-state index < -0.39 is 0 Å². The lowest BCUT2D eigenvalue weighted by Crippen LogP contribution is -2.33. The highest BCUT2D eigenvalue weighted by Gasteiger charge is 2.30. The minimum absolute atomic E-state index is 0.152. The van der Waals surface area contributed by atoms with Gasteiger partial charge in [-0.1, -0.05) is 25.1 Å². The van der Waals surface area contributed by atoms with Crippen LogP contribution in [0.15, 0.2) is 6.07 Å². The largest absolute Gasteiger partial charge is 0.389 e. The van der Waals surface area contributed by atoms with Crippen LogP contribution >= 0.6 is 12.2 Å². The predicted molar refractivity (Wildman–Crippen MR) is 82.6 cm³/mol. The van der Waals surface area contributed by atoms with Gasteiger partial charge in [-0.3, -0.25) is 0 Å². The van der Waals surface area contributed by atoms with Gasteiger partial charge in [0, 0.05) is 11.2 Å². The van der Waals surface area contributed by atoms with Gasteiger partial charge in [0.25, 0.3) is 0 Å². The first-order chi connectivity index (χ1) is 9.07. The Balaban J connectivity index is 1.97. The minimum Gasteiger partial charge on any atom is -0.389 e. The van der Waals surface area contributed by atoms with E-state index in [1.54, 1.807) is 0 Å². The van der Waals surface area contributed by atoms with E-state index in [4.69, 9.17) is 22.9 Å². The summed E-state index contributed by atoms with van der Waals surface area (Å²) in [6, 6.07) is 2.15. The minimum atomic E-state index is 0.152. The highest BCUT2D eigenvalue weighted by atomic mass is 32.1. The fourth-order valence-electron chi connectivity index (χ4n) is 3.32. The number of aryl methyl sites for hydroxylation is 2. The van der Waals surface area contributed by atoms with Crippen LogP contribution in [-0.2, 0) is 12.8 Å². The fraction of sp³-hybridized carbons (Fsp3) is 0.600. The zero-order chi connectivity index (χ0) is 13.5. The molecule has 1 heterocycles. The molecule has 0 atom stereocenters. The molecule has 3 rings (SSSR count). The second-order valence-corrected chi connectivity index (χ2v) is 6.54. The molecular formula is C15H21N3S. The number of nitrogens with zero attached hydrogens (tertiary/aromatic N) is 1. The van der Waals surface area contributed by atoms with Crippen LogP contribution in [0.2, 0.25) is 0 Å². The Morgan fingerprint density at radius 3 is 2.74 bits per heavy atom. The van der Waals surface area contributed by atoms with Gasteiger partial charge in [0.15, 0.2) is 0 Å². The lowest BCUT2D eigenvalue weighted by Gasteiger charge is -2.27. The van der Waals surface area contributed by atoms with E-state index in [1.807, 2.05) is 0 Å². The van der Waals surface area contributed by atoms with Crippen molar-refractivity contribution in [2.45, 2.75) is 57.4 Å². The summed E-state index contributed by atoms with van der Waals surface area (Å²) < 4.78 is 0. The maximum Gasteiger partial charge on any atom is 0.136 e. The van der Waals surface area contributed by atoms with Crippen LogP contribution in [0.3, 0.4) is 0 Å². The number of thiocarbonyl (C=S) groups is 1. The van der Waals surface area contributed by atoms with Crippen molar-refractivity contribution in [3.8, 4) is 0 Å². The first-order valence-corrected chi connectivity index (χ1v) is 7.59. The van der Waals surface area contributed by atoms with Gasteiger partial charge in [-0.15, -0.1) is 0 Å². The summed E-state index contributed by atoms with van der Waals surface area (Å²) in [4.78, 5) is 5.25. The predicted octanol–water partition coefficient (Wildman–Crippen LogP) is 2.95. The fourth-order valence-corrected chi connectivity index (χ4v) is 3.48. The van der Waals surface area contributed by atoms with Gasteiger partial charge in [-0.05, 0) is 50.7 Å². The number of nitrogens with two attached hydrogens (primary N) is 1. The van der Waals surface area contributed by atoms with Gasteiger partial charge in [-0.25, -0.2) is 4.98 Å². The lowest BCUT2D eigenvalue weighted by molar-refractivity contribution is 0.530. The topological polar surface area (TPSA) is 50.9 Å². The van der Waals surface area contributed by atoms with Crippen LogP contribution in [-0.4, -0.2) is 15.5 Å². The molecule has 102 valence electrons. The summed E-state index contributed by atoms with van der Waals surface area (Å²) in [6.07, 6.45) is 8.35. The molecule has 1 aromatic heterocycles.